The SMILES string of the molecule is CCNC(=NCc1cccc(OCC)c1)NCC(O)c1ccc(OC(F)F)cc1. The van der Waals surface area contributed by atoms with Gasteiger partial charge in [-0.25, -0.2) is 4.99 Å². The van der Waals surface area contributed by atoms with Crippen molar-refractivity contribution in [3.8, 4) is 11.5 Å². The van der Waals surface area contributed by atoms with Crippen LogP contribution in [0, 0.1) is 0 Å². The molecule has 0 aliphatic heterocycles. The normalized spacial score (nSPS) is 12.6. The van der Waals surface area contributed by atoms with Gasteiger partial charge >= 0.3 is 6.61 Å². The van der Waals surface area contributed by atoms with Gasteiger partial charge in [0.1, 0.15) is 11.5 Å². The number of alkyl halides is 2. The Labute approximate surface area is 169 Å². The molecule has 0 amide bonds. The molecule has 0 saturated carbocycles. The van der Waals surface area contributed by atoms with E-state index in [-0.39, 0.29) is 12.3 Å². The van der Waals surface area contributed by atoms with Crippen molar-refractivity contribution in [2.24, 2.45) is 4.99 Å². The average Bonchev–Trinajstić information content (AvgIpc) is 2.70. The second-order valence-electron chi connectivity index (χ2n) is 6.12. The molecule has 0 aliphatic carbocycles. The minimum absolute atomic E-state index is 0.0492. The monoisotopic (exact) mass is 407 g/mol. The molecule has 0 fully saturated rings. The zero-order valence-corrected chi connectivity index (χ0v) is 16.6. The third-order valence-corrected chi connectivity index (χ3v) is 3.93. The van der Waals surface area contributed by atoms with E-state index in [2.05, 4.69) is 20.4 Å². The number of aliphatic hydroxyl groups is 1. The number of guanidine groups is 1. The van der Waals surface area contributed by atoms with Crippen LogP contribution in [0.25, 0.3) is 0 Å². The molecule has 2 aromatic carbocycles. The Kier molecular flexibility index (Phi) is 9.17. The summed E-state index contributed by atoms with van der Waals surface area (Å²) in [4.78, 5) is 4.52. The van der Waals surface area contributed by atoms with Gasteiger partial charge in [-0.1, -0.05) is 24.3 Å². The topological polar surface area (TPSA) is 75.1 Å². The van der Waals surface area contributed by atoms with Crippen LogP contribution in [0.2, 0.25) is 0 Å². The molecule has 3 N–H and O–H groups in total. The van der Waals surface area contributed by atoms with Crippen molar-refractivity contribution in [2.45, 2.75) is 33.1 Å². The Hall–Kier alpha value is -2.87. The highest BCUT2D eigenvalue weighted by atomic mass is 19.3. The van der Waals surface area contributed by atoms with Gasteiger partial charge in [-0.3, -0.25) is 0 Å². The molecule has 0 saturated heterocycles. The van der Waals surface area contributed by atoms with E-state index >= 15 is 0 Å². The van der Waals surface area contributed by atoms with E-state index in [1.165, 1.54) is 12.1 Å². The van der Waals surface area contributed by atoms with E-state index in [0.29, 0.717) is 31.2 Å². The smallest absolute Gasteiger partial charge is 0.387 e. The number of hydrogen-bond acceptors (Lipinski definition) is 4. The van der Waals surface area contributed by atoms with E-state index in [9.17, 15) is 13.9 Å². The van der Waals surface area contributed by atoms with Gasteiger partial charge in [-0.05, 0) is 49.2 Å². The fourth-order valence-corrected chi connectivity index (χ4v) is 2.59. The zero-order valence-electron chi connectivity index (χ0n) is 16.6. The van der Waals surface area contributed by atoms with Crippen molar-refractivity contribution in [2.75, 3.05) is 19.7 Å². The van der Waals surface area contributed by atoms with E-state index in [0.717, 1.165) is 11.3 Å². The fourth-order valence-electron chi connectivity index (χ4n) is 2.59. The van der Waals surface area contributed by atoms with E-state index in [1.54, 1.807) is 12.1 Å². The Bertz CT molecular complexity index is 770. The first-order valence-electron chi connectivity index (χ1n) is 9.48. The quantitative estimate of drug-likeness (QED) is 0.415. The Morgan fingerprint density at radius 1 is 1.07 bits per heavy atom. The van der Waals surface area contributed by atoms with Crippen LogP contribution in [0.4, 0.5) is 8.78 Å². The molecule has 1 atom stereocenters. The van der Waals surface area contributed by atoms with Crippen molar-refractivity contribution in [1.29, 1.82) is 0 Å². The molecule has 0 radical (unpaired) electrons. The molecule has 8 heteroatoms. The van der Waals surface area contributed by atoms with E-state index in [4.69, 9.17) is 4.74 Å². The number of benzene rings is 2. The Morgan fingerprint density at radius 2 is 1.83 bits per heavy atom. The van der Waals surface area contributed by atoms with E-state index < -0.39 is 12.7 Å². The highest BCUT2D eigenvalue weighted by Crippen LogP contribution is 2.19. The Balaban J connectivity index is 1.93. The van der Waals surface area contributed by atoms with Gasteiger partial charge in [0.25, 0.3) is 0 Å². The first-order chi connectivity index (χ1) is 14.0. The number of rotatable bonds is 10. The Morgan fingerprint density at radius 3 is 2.48 bits per heavy atom. The van der Waals surface area contributed by atoms with Crippen LogP contribution in [0.3, 0.4) is 0 Å². The minimum atomic E-state index is -2.87. The standard InChI is InChI=1S/C21H27F2N3O3/c1-3-24-21(25-13-15-6-5-7-18(12-15)28-4-2)26-14-19(27)16-8-10-17(11-9-16)29-20(22)23/h5-12,19-20,27H,3-4,13-14H2,1-2H3,(H2,24,25,26). The first-order valence-corrected chi connectivity index (χ1v) is 9.48. The zero-order chi connectivity index (χ0) is 21.1. The molecular weight excluding hydrogens is 380 g/mol. The molecule has 29 heavy (non-hydrogen) atoms. The second-order valence-corrected chi connectivity index (χ2v) is 6.12. The van der Waals surface area contributed by atoms with Gasteiger partial charge in [0.2, 0.25) is 0 Å². The number of nitrogens with one attached hydrogen (secondary N) is 2. The van der Waals surface area contributed by atoms with Crippen LogP contribution < -0.4 is 20.1 Å². The highest BCUT2D eigenvalue weighted by molar-refractivity contribution is 5.79. The maximum absolute atomic E-state index is 12.2. The predicted octanol–water partition coefficient (Wildman–Crippen LogP) is 3.48. The molecule has 2 rings (SSSR count). The van der Waals surface area contributed by atoms with Crippen LogP contribution >= 0.6 is 0 Å². The second kappa shape index (κ2) is 11.9. The lowest BCUT2D eigenvalue weighted by molar-refractivity contribution is -0.0498. The fraction of sp³-hybridized carbons (Fsp3) is 0.381. The molecular formula is C21H27F2N3O3. The summed E-state index contributed by atoms with van der Waals surface area (Å²) in [6.07, 6.45) is -0.833. The lowest BCUT2D eigenvalue weighted by Gasteiger charge is -2.16. The highest BCUT2D eigenvalue weighted by Gasteiger charge is 2.10. The van der Waals surface area contributed by atoms with E-state index in [1.807, 2.05) is 38.1 Å². The summed E-state index contributed by atoms with van der Waals surface area (Å²) in [5.74, 6) is 1.41. The third-order valence-electron chi connectivity index (χ3n) is 3.93. The van der Waals surface area contributed by atoms with Crippen LogP contribution in [0.1, 0.15) is 31.1 Å². The number of aliphatic imine (C=N–C) groups is 1. The van der Waals surface area contributed by atoms with Crippen molar-refractivity contribution >= 4 is 5.96 Å². The van der Waals surface area contributed by atoms with Crippen molar-refractivity contribution < 1.29 is 23.4 Å². The van der Waals surface area contributed by atoms with Crippen molar-refractivity contribution in [3.05, 3.63) is 59.7 Å². The maximum Gasteiger partial charge on any atom is 0.387 e. The molecule has 6 nitrogen and oxygen atoms in total. The maximum atomic E-state index is 12.2. The molecule has 0 spiro atoms. The first kappa shape index (κ1) is 22.4. The summed E-state index contributed by atoms with van der Waals surface area (Å²) < 4.78 is 34.2. The van der Waals surface area contributed by atoms with Gasteiger partial charge in [0, 0.05) is 13.1 Å². The number of hydrogen-bond donors (Lipinski definition) is 3. The summed E-state index contributed by atoms with van der Waals surface area (Å²) in [5.41, 5.74) is 1.59. The molecule has 0 heterocycles. The largest absolute Gasteiger partial charge is 0.494 e. The summed E-state index contributed by atoms with van der Waals surface area (Å²) in [6, 6.07) is 13.6. The van der Waals surface area contributed by atoms with Crippen LogP contribution in [0.5, 0.6) is 11.5 Å². The van der Waals surface area contributed by atoms with Gasteiger partial charge in [0.15, 0.2) is 5.96 Å². The van der Waals surface area contributed by atoms with Gasteiger partial charge in [0.05, 0.1) is 19.3 Å². The predicted molar refractivity (Wildman–Crippen MR) is 108 cm³/mol. The lowest BCUT2D eigenvalue weighted by atomic mass is 10.1. The van der Waals surface area contributed by atoms with Gasteiger partial charge in [-0.15, -0.1) is 0 Å². The molecule has 1 unspecified atom stereocenters. The molecule has 0 aromatic heterocycles. The molecule has 0 bridgehead atoms. The lowest BCUT2D eigenvalue weighted by Crippen LogP contribution is -2.39. The molecule has 0 aliphatic rings. The molecule has 158 valence electrons. The molecule has 2 aromatic rings. The van der Waals surface area contributed by atoms with Gasteiger partial charge in [-0.2, -0.15) is 8.78 Å². The van der Waals surface area contributed by atoms with Crippen LogP contribution in [-0.2, 0) is 6.54 Å². The van der Waals surface area contributed by atoms with Crippen molar-refractivity contribution in [3.63, 3.8) is 0 Å². The number of nitrogens with zero attached hydrogens (tertiary/aromatic N) is 1. The van der Waals surface area contributed by atoms with Gasteiger partial charge < -0.3 is 25.2 Å². The van der Waals surface area contributed by atoms with Crippen molar-refractivity contribution in [1.82, 2.24) is 10.6 Å². The number of ether oxygens (including phenoxy) is 2. The number of halogens is 2. The average molecular weight is 407 g/mol. The third kappa shape index (κ3) is 7.95. The van der Waals surface area contributed by atoms with Crippen LogP contribution in [-0.4, -0.2) is 37.4 Å². The number of aliphatic hydroxyl groups excluding tert-OH is 1. The summed E-state index contributed by atoms with van der Waals surface area (Å²) in [5, 5.41) is 16.5. The van der Waals surface area contributed by atoms with Crippen LogP contribution in [0.15, 0.2) is 53.5 Å². The summed E-state index contributed by atoms with van der Waals surface area (Å²) in [7, 11) is 0. The minimum Gasteiger partial charge on any atom is -0.494 e. The summed E-state index contributed by atoms with van der Waals surface area (Å²) >= 11 is 0. The summed E-state index contributed by atoms with van der Waals surface area (Å²) in [6.45, 7) is 2.94.